The first kappa shape index (κ1) is 23.5. The molecule has 0 amide bonds. The van der Waals surface area contributed by atoms with Crippen LogP contribution in [-0.4, -0.2) is 29.9 Å². The van der Waals surface area contributed by atoms with E-state index in [1.807, 2.05) is 6.07 Å². The fraction of sp³-hybridized carbons (Fsp3) is 0.280. The van der Waals surface area contributed by atoms with E-state index < -0.39 is 20.9 Å². The maximum absolute atomic E-state index is 14.2. The van der Waals surface area contributed by atoms with E-state index >= 15 is 0 Å². The van der Waals surface area contributed by atoms with Gasteiger partial charge in [0.2, 0.25) is 5.90 Å². The van der Waals surface area contributed by atoms with Gasteiger partial charge >= 0.3 is 0 Å². The molecular weight excluding hydrogens is 455 g/mol. The summed E-state index contributed by atoms with van der Waals surface area (Å²) in [6.07, 6.45) is 3.15. The number of nitriles is 1. The number of aromatic nitrogens is 2. The number of hydrogen-bond donors (Lipinski definition) is 0. The molecule has 1 unspecified atom stereocenters. The van der Waals surface area contributed by atoms with E-state index in [2.05, 4.69) is 14.4 Å². The van der Waals surface area contributed by atoms with Crippen molar-refractivity contribution in [3.63, 3.8) is 0 Å². The molecule has 1 aliphatic rings. The Labute approximate surface area is 198 Å². The summed E-state index contributed by atoms with van der Waals surface area (Å²) in [6, 6.07) is 15.1. The van der Waals surface area contributed by atoms with Crippen molar-refractivity contribution in [1.82, 2.24) is 9.97 Å². The molecule has 0 bridgehead atoms. The Hall–Kier alpha value is -3.64. The van der Waals surface area contributed by atoms with Crippen LogP contribution in [0.2, 0.25) is 0 Å². The first-order valence-corrected chi connectivity index (χ1v) is 12.2. The van der Waals surface area contributed by atoms with E-state index in [9.17, 15) is 12.8 Å². The Morgan fingerprint density at radius 2 is 1.94 bits per heavy atom. The second kappa shape index (κ2) is 8.95. The van der Waals surface area contributed by atoms with E-state index in [1.54, 1.807) is 63.2 Å². The molecule has 3 aromatic rings. The largest absolute Gasteiger partial charge is 0.472 e. The average molecular weight is 479 g/mol. The minimum absolute atomic E-state index is 0.0578. The monoisotopic (exact) mass is 478 g/mol. The number of rotatable bonds is 5. The molecule has 1 aromatic carbocycles. The number of nitrogens with zero attached hydrogens (tertiary/aromatic N) is 4. The third-order valence-electron chi connectivity index (χ3n) is 5.72. The Balaban J connectivity index is 1.61. The van der Waals surface area contributed by atoms with Crippen molar-refractivity contribution in [2.24, 2.45) is 4.40 Å². The third-order valence-corrected chi connectivity index (χ3v) is 7.61. The minimum atomic E-state index is -3.98. The van der Waals surface area contributed by atoms with E-state index in [-0.39, 0.29) is 29.7 Å². The number of halogens is 1. The summed E-state index contributed by atoms with van der Waals surface area (Å²) in [4.78, 5) is 8.34. The third kappa shape index (κ3) is 4.68. The van der Waals surface area contributed by atoms with Gasteiger partial charge in [0, 0.05) is 24.4 Å². The Morgan fingerprint density at radius 3 is 2.59 bits per heavy atom. The Kier molecular flexibility index (Phi) is 6.19. The lowest BCUT2D eigenvalue weighted by Gasteiger charge is -2.37. The molecule has 7 nitrogen and oxygen atoms in total. The molecule has 2 aromatic heterocycles. The summed E-state index contributed by atoms with van der Waals surface area (Å²) in [7, 11) is -3.98. The summed E-state index contributed by atoms with van der Waals surface area (Å²) in [6.45, 7) is 5.18. The number of hydrogen-bond acceptors (Lipinski definition) is 6. The predicted octanol–water partition coefficient (Wildman–Crippen LogP) is 4.93. The van der Waals surface area contributed by atoms with Crippen LogP contribution < -0.4 is 0 Å². The summed E-state index contributed by atoms with van der Waals surface area (Å²) in [5.41, 5.74) is 1.33. The Morgan fingerprint density at radius 1 is 1.18 bits per heavy atom. The number of sulfonamides is 1. The highest BCUT2D eigenvalue weighted by atomic mass is 32.2. The molecule has 9 heteroatoms. The number of ether oxygens (including phenoxy) is 1. The topological polar surface area (TPSA) is 105 Å². The van der Waals surface area contributed by atoms with Crippen LogP contribution in [0, 0.1) is 17.1 Å². The highest BCUT2D eigenvalue weighted by molar-refractivity contribution is 7.90. The quantitative estimate of drug-likeness (QED) is 0.515. The molecule has 3 heterocycles. The van der Waals surface area contributed by atoms with Crippen molar-refractivity contribution >= 4 is 15.9 Å². The lowest BCUT2D eigenvalue weighted by Crippen LogP contribution is -2.43. The molecule has 0 spiro atoms. The lowest BCUT2D eigenvalue weighted by atomic mass is 9.95. The fourth-order valence-corrected chi connectivity index (χ4v) is 5.96. The van der Waals surface area contributed by atoms with Gasteiger partial charge in [-0.25, -0.2) is 17.8 Å². The molecule has 174 valence electrons. The van der Waals surface area contributed by atoms with Gasteiger partial charge in [0.05, 0.1) is 5.69 Å². The zero-order valence-electron chi connectivity index (χ0n) is 18.9. The summed E-state index contributed by atoms with van der Waals surface area (Å²) in [5, 5.41) is 7.98. The maximum Gasteiger partial charge on any atom is 0.267 e. The molecule has 1 aliphatic heterocycles. The van der Waals surface area contributed by atoms with Crippen molar-refractivity contribution in [3.05, 3.63) is 83.6 Å². The van der Waals surface area contributed by atoms with E-state index in [1.165, 1.54) is 18.5 Å². The van der Waals surface area contributed by atoms with Gasteiger partial charge in [-0.05, 0) is 55.2 Å². The first-order chi connectivity index (χ1) is 16.1. The van der Waals surface area contributed by atoms with E-state index in [0.717, 1.165) is 0 Å². The van der Waals surface area contributed by atoms with Crippen LogP contribution in [0.4, 0.5) is 4.39 Å². The van der Waals surface area contributed by atoms with E-state index in [0.29, 0.717) is 22.4 Å². The van der Waals surface area contributed by atoms with E-state index in [4.69, 9.17) is 10.00 Å². The molecule has 0 N–H and O–H groups in total. The van der Waals surface area contributed by atoms with Gasteiger partial charge in [0.25, 0.3) is 10.0 Å². The normalized spacial score (nSPS) is 19.4. The summed E-state index contributed by atoms with van der Waals surface area (Å²) < 4.78 is 50.6. The van der Waals surface area contributed by atoms with Gasteiger partial charge < -0.3 is 4.74 Å². The second-order valence-corrected chi connectivity index (χ2v) is 10.4. The van der Waals surface area contributed by atoms with Crippen LogP contribution in [0.5, 0.6) is 0 Å². The molecule has 0 fully saturated rings. The highest BCUT2D eigenvalue weighted by Crippen LogP contribution is 2.41. The smallest absolute Gasteiger partial charge is 0.267 e. The second-order valence-electron chi connectivity index (χ2n) is 8.73. The first-order valence-electron chi connectivity index (χ1n) is 10.7. The minimum Gasteiger partial charge on any atom is -0.472 e. The molecule has 0 saturated carbocycles. The molecule has 34 heavy (non-hydrogen) atoms. The molecule has 2 atom stereocenters. The van der Waals surface area contributed by atoms with Crippen molar-refractivity contribution in [2.45, 2.75) is 44.0 Å². The van der Waals surface area contributed by atoms with Gasteiger partial charge in [0.15, 0.2) is 0 Å². The van der Waals surface area contributed by atoms with Gasteiger partial charge in [-0.15, -0.1) is 4.40 Å². The molecule has 0 aliphatic carbocycles. The number of pyridine rings is 2. The number of benzene rings is 1. The predicted molar refractivity (Wildman–Crippen MR) is 126 cm³/mol. The highest BCUT2D eigenvalue weighted by Gasteiger charge is 2.47. The molecule has 4 rings (SSSR count). The van der Waals surface area contributed by atoms with Crippen molar-refractivity contribution in [2.75, 3.05) is 0 Å². The molecule has 0 radical (unpaired) electrons. The summed E-state index contributed by atoms with van der Waals surface area (Å²) in [5.74, 6) is -0.613. The zero-order valence-corrected chi connectivity index (χ0v) is 19.8. The standard InChI is InChI=1S/C25H23FN4O3S/c1-16(20-6-4-5-7-21(20)26)12-23-30-34(31,32)24(25(2,3)33-23)18-8-9-22(29-15-18)17-10-11-28-19(13-17)14-27/h4-11,13,15-16,24H,12H2,1-3H3/t16-,24?/m1/s1. The fourth-order valence-electron chi connectivity index (χ4n) is 4.21. The molecular formula is C25H23FN4O3S. The average Bonchev–Trinajstić information content (AvgIpc) is 2.78. The van der Waals surface area contributed by atoms with Crippen LogP contribution >= 0.6 is 0 Å². The van der Waals surface area contributed by atoms with Crippen molar-refractivity contribution < 1.29 is 17.5 Å². The van der Waals surface area contributed by atoms with Gasteiger partial charge in [-0.2, -0.15) is 5.26 Å². The van der Waals surface area contributed by atoms with Gasteiger partial charge in [0.1, 0.15) is 28.4 Å². The maximum atomic E-state index is 14.2. The van der Waals surface area contributed by atoms with Crippen LogP contribution in [0.3, 0.4) is 0 Å². The van der Waals surface area contributed by atoms with Crippen molar-refractivity contribution in [3.8, 4) is 17.3 Å². The summed E-state index contributed by atoms with van der Waals surface area (Å²) >= 11 is 0. The van der Waals surface area contributed by atoms with Crippen LogP contribution in [-0.2, 0) is 14.8 Å². The molecule has 0 saturated heterocycles. The van der Waals surface area contributed by atoms with Crippen molar-refractivity contribution in [1.29, 1.82) is 5.26 Å². The Bertz CT molecular complexity index is 1400. The lowest BCUT2D eigenvalue weighted by molar-refractivity contribution is 0.0802. The van der Waals surface area contributed by atoms with Gasteiger partial charge in [-0.3, -0.25) is 4.98 Å². The van der Waals surface area contributed by atoms with Crippen LogP contribution in [0.1, 0.15) is 55.2 Å². The van der Waals surface area contributed by atoms with Gasteiger partial charge in [-0.1, -0.05) is 31.2 Å². The van der Waals surface area contributed by atoms with Crippen LogP contribution in [0.15, 0.2) is 65.3 Å². The van der Waals surface area contributed by atoms with Crippen LogP contribution in [0.25, 0.3) is 11.3 Å². The SMILES string of the molecule is C[C@H](CC1=NS(=O)(=O)C(c2ccc(-c3ccnc(C#N)c3)nc2)C(C)(C)O1)c1ccccc1F. The zero-order chi connectivity index (χ0) is 24.5.